The maximum atomic E-state index is 13.5. The molecule has 18 heteroatoms. The summed E-state index contributed by atoms with van der Waals surface area (Å²) in [5.74, 6) is -2.25. The molecule has 3 atom stereocenters. The van der Waals surface area contributed by atoms with Crippen LogP contribution in [0.3, 0.4) is 0 Å². The molecule has 45 heavy (non-hydrogen) atoms. The van der Waals surface area contributed by atoms with Gasteiger partial charge in [0.15, 0.2) is 21.3 Å². The Morgan fingerprint density at radius 3 is 1.87 bits per heavy atom. The highest BCUT2D eigenvalue weighted by Crippen LogP contribution is 2.51. The summed E-state index contributed by atoms with van der Waals surface area (Å²) in [6, 6.07) is 6.24. The average molecular weight is 672 g/mol. The predicted molar refractivity (Wildman–Crippen MR) is 140 cm³/mol. The third-order valence-corrected chi connectivity index (χ3v) is 8.66. The van der Waals surface area contributed by atoms with Gasteiger partial charge in [-0.2, -0.15) is 26.3 Å². The highest BCUT2D eigenvalue weighted by Gasteiger charge is 2.42. The number of fused-ring (bicyclic) bond motifs is 2. The van der Waals surface area contributed by atoms with E-state index in [1.54, 1.807) is 0 Å². The van der Waals surface area contributed by atoms with Crippen molar-refractivity contribution in [1.29, 1.82) is 0 Å². The fourth-order valence-corrected chi connectivity index (χ4v) is 6.18. The number of sulfone groups is 1. The molecule has 2 heterocycles. The molecule has 0 saturated carbocycles. The van der Waals surface area contributed by atoms with Crippen LogP contribution in [0.25, 0.3) is 0 Å². The highest BCUT2D eigenvalue weighted by molar-refractivity contribution is 7.91. The van der Waals surface area contributed by atoms with Crippen molar-refractivity contribution in [3.63, 3.8) is 0 Å². The molecule has 0 amide bonds. The maximum absolute atomic E-state index is 13.5. The minimum Gasteiger partial charge on any atom is -0.453 e. The van der Waals surface area contributed by atoms with Crippen LogP contribution in [-0.4, -0.2) is 57.0 Å². The number of alkyl halides is 9. The highest BCUT2D eigenvalue weighted by atomic mass is 32.2. The fourth-order valence-electron chi connectivity index (χ4n) is 5.03. The van der Waals surface area contributed by atoms with Gasteiger partial charge < -0.3 is 24.8 Å². The largest absolute Gasteiger partial charge is 0.573 e. The quantitative estimate of drug-likeness (QED) is 0.292. The standard InChI is InChI=1S/C27H22F9N3O5S/c28-25(29,30)14-1-7-19-22(9-14)43-23-10-15(26(31,32)33)2-8-20(23)39(19)21-12-37-11-18(24(21)40)38-13-45(41,42)17-5-3-16(4-6-17)44-27(34,35)36/h1-10,18,21,24,37-38,40H,11-13H2/t18-,21+,24+/m1/s1. The van der Waals surface area contributed by atoms with Crippen LogP contribution in [-0.2, 0) is 22.2 Å². The Morgan fingerprint density at radius 2 is 1.38 bits per heavy atom. The molecule has 0 unspecified atom stereocenters. The van der Waals surface area contributed by atoms with Gasteiger partial charge in [-0.25, -0.2) is 8.42 Å². The maximum Gasteiger partial charge on any atom is 0.573 e. The number of aliphatic hydroxyl groups excluding tert-OH is 1. The van der Waals surface area contributed by atoms with Crippen LogP contribution in [0.2, 0.25) is 0 Å². The molecular formula is C27H22F9N3O5S. The van der Waals surface area contributed by atoms with Crippen LogP contribution < -0.4 is 25.0 Å². The molecule has 5 rings (SSSR count). The predicted octanol–water partition coefficient (Wildman–Crippen LogP) is 5.59. The molecule has 0 spiro atoms. The van der Waals surface area contributed by atoms with E-state index in [1.807, 2.05) is 0 Å². The number of hydrogen-bond acceptors (Lipinski definition) is 8. The van der Waals surface area contributed by atoms with Crippen molar-refractivity contribution in [3.05, 3.63) is 71.8 Å². The van der Waals surface area contributed by atoms with Crippen molar-refractivity contribution in [2.45, 2.75) is 41.8 Å². The molecule has 0 radical (unpaired) electrons. The van der Waals surface area contributed by atoms with E-state index in [0.717, 1.165) is 48.5 Å². The van der Waals surface area contributed by atoms with Gasteiger partial charge in [0.1, 0.15) is 11.6 Å². The average Bonchev–Trinajstić information content (AvgIpc) is 2.93. The van der Waals surface area contributed by atoms with Gasteiger partial charge in [-0.3, -0.25) is 5.32 Å². The molecule has 1 fully saturated rings. The third-order valence-electron chi connectivity index (χ3n) is 7.12. The summed E-state index contributed by atoms with van der Waals surface area (Å²) < 4.78 is 153. The molecule has 3 aromatic rings. The molecule has 0 aromatic heterocycles. The van der Waals surface area contributed by atoms with Gasteiger partial charge in [-0.05, 0) is 60.7 Å². The summed E-state index contributed by atoms with van der Waals surface area (Å²) in [7, 11) is -4.15. The first kappa shape index (κ1) is 32.6. The Morgan fingerprint density at radius 1 is 0.844 bits per heavy atom. The zero-order chi connectivity index (χ0) is 32.9. The van der Waals surface area contributed by atoms with E-state index in [4.69, 9.17) is 4.74 Å². The lowest BCUT2D eigenvalue weighted by atomic mass is 9.95. The normalized spacial score (nSPS) is 20.7. The van der Waals surface area contributed by atoms with Gasteiger partial charge >= 0.3 is 18.7 Å². The number of halogens is 9. The number of rotatable bonds is 6. The molecule has 0 aliphatic carbocycles. The second-order valence-corrected chi connectivity index (χ2v) is 12.1. The Balaban J connectivity index is 1.41. The zero-order valence-electron chi connectivity index (χ0n) is 22.5. The van der Waals surface area contributed by atoms with Crippen LogP contribution in [0.15, 0.2) is 65.6 Å². The van der Waals surface area contributed by atoms with Gasteiger partial charge in [-0.15, -0.1) is 13.2 Å². The van der Waals surface area contributed by atoms with Crippen molar-refractivity contribution in [2.24, 2.45) is 0 Å². The summed E-state index contributed by atoms with van der Waals surface area (Å²) in [6.45, 7) is -0.0106. The van der Waals surface area contributed by atoms with Gasteiger partial charge in [0.25, 0.3) is 0 Å². The van der Waals surface area contributed by atoms with Crippen LogP contribution >= 0.6 is 0 Å². The molecular weight excluding hydrogens is 649 g/mol. The molecule has 2 aliphatic heterocycles. The third kappa shape index (κ3) is 7.08. The minimum absolute atomic E-state index is 0.00955. The lowest BCUT2D eigenvalue weighted by Crippen LogP contribution is -2.64. The van der Waals surface area contributed by atoms with Crippen LogP contribution in [0.4, 0.5) is 50.9 Å². The number of nitrogens with zero attached hydrogens (tertiary/aromatic N) is 1. The van der Waals surface area contributed by atoms with Crippen molar-refractivity contribution < 1.29 is 62.5 Å². The first-order chi connectivity index (χ1) is 20.8. The molecule has 3 N–H and O–H groups in total. The second kappa shape index (κ2) is 11.6. The Labute approximate surface area is 249 Å². The van der Waals surface area contributed by atoms with Crippen LogP contribution in [0.1, 0.15) is 11.1 Å². The van der Waals surface area contributed by atoms with E-state index in [1.165, 1.54) is 4.90 Å². The Kier molecular flexibility index (Phi) is 8.39. The lowest BCUT2D eigenvalue weighted by Gasteiger charge is -2.45. The number of anilines is 2. The van der Waals surface area contributed by atoms with Crippen molar-refractivity contribution in [1.82, 2.24) is 10.6 Å². The number of piperidine rings is 1. The number of nitrogens with one attached hydrogen (secondary N) is 2. The summed E-state index contributed by atoms with van der Waals surface area (Å²) in [5, 5.41) is 17.0. The summed E-state index contributed by atoms with van der Waals surface area (Å²) in [6.07, 6.45) is -16.0. The summed E-state index contributed by atoms with van der Waals surface area (Å²) in [4.78, 5) is 0.977. The Hall–Kier alpha value is -3.74. The molecule has 0 bridgehead atoms. The van der Waals surface area contributed by atoms with Gasteiger partial charge in [0.05, 0.1) is 39.5 Å². The first-order valence-corrected chi connectivity index (χ1v) is 14.6. The monoisotopic (exact) mass is 671 g/mol. The van der Waals surface area contributed by atoms with Crippen molar-refractivity contribution in [3.8, 4) is 17.2 Å². The van der Waals surface area contributed by atoms with E-state index < -0.39 is 81.0 Å². The smallest absolute Gasteiger partial charge is 0.453 e. The zero-order valence-corrected chi connectivity index (χ0v) is 23.3. The van der Waals surface area contributed by atoms with Crippen molar-refractivity contribution in [2.75, 3.05) is 23.9 Å². The van der Waals surface area contributed by atoms with Crippen molar-refractivity contribution >= 4 is 21.2 Å². The van der Waals surface area contributed by atoms with E-state index in [-0.39, 0.29) is 29.4 Å². The van der Waals surface area contributed by atoms with E-state index >= 15 is 0 Å². The van der Waals surface area contributed by atoms with E-state index in [0.29, 0.717) is 12.1 Å². The fraction of sp³-hybridized carbons (Fsp3) is 0.333. The van der Waals surface area contributed by atoms with Gasteiger partial charge in [0.2, 0.25) is 0 Å². The van der Waals surface area contributed by atoms with Gasteiger partial charge in [0, 0.05) is 19.1 Å². The van der Waals surface area contributed by atoms with Gasteiger partial charge in [-0.1, -0.05) is 0 Å². The summed E-state index contributed by atoms with van der Waals surface area (Å²) >= 11 is 0. The number of aliphatic hydroxyl groups is 1. The topological polar surface area (TPSA) is 100 Å². The number of ether oxygens (including phenoxy) is 2. The molecule has 8 nitrogen and oxygen atoms in total. The molecule has 3 aromatic carbocycles. The Bertz CT molecular complexity index is 1600. The van der Waals surface area contributed by atoms with Crippen LogP contribution in [0, 0.1) is 0 Å². The molecule has 2 aliphatic rings. The minimum atomic E-state index is -4.98. The number of benzene rings is 3. The number of hydrogen-bond donors (Lipinski definition) is 3. The second-order valence-electron chi connectivity index (χ2n) is 10.1. The first-order valence-electron chi connectivity index (χ1n) is 12.9. The SMILES string of the molecule is O=S(=O)(CN[C@@H]1CNC[C@H](N2c3ccc(C(F)(F)F)cc3Oc3cc(C(F)(F)F)ccc32)[C@H]1O)c1ccc(OC(F)(F)F)cc1. The van der Waals surface area contributed by atoms with Crippen LogP contribution in [0.5, 0.6) is 17.2 Å². The molecule has 244 valence electrons. The lowest BCUT2D eigenvalue weighted by molar-refractivity contribution is -0.274. The van der Waals surface area contributed by atoms with E-state index in [9.17, 15) is 53.0 Å². The van der Waals surface area contributed by atoms with E-state index in [2.05, 4.69) is 15.4 Å². The molecule has 1 saturated heterocycles. The summed E-state index contributed by atoms with van der Waals surface area (Å²) in [5.41, 5.74) is -2.23.